The molecule has 1 N–H and O–H groups in total. The number of benzene rings is 2. The molecule has 1 amide bonds. The van der Waals surface area contributed by atoms with Crippen LogP contribution in [0.4, 0.5) is 0 Å². The van der Waals surface area contributed by atoms with Gasteiger partial charge >= 0.3 is 0 Å². The van der Waals surface area contributed by atoms with Crippen molar-refractivity contribution in [3.05, 3.63) is 75.3 Å². The van der Waals surface area contributed by atoms with Gasteiger partial charge in [0.1, 0.15) is 5.76 Å². The smallest absolute Gasteiger partial charge is 0.295 e. The summed E-state index contributed by atoms with van der Waals surface area (Å²) in [6, 6.07) is 12.7. The number of ketones is 1. The summed E-state index contributed by atoms with van der Waals surface area (Å²) in [6.07, 6.45) is 1.58. The van der Waals surface area contributed by atoms with Crippen LogP contribution in [-0.4, -0.2) is 41.0 Å². The third-order valence-electron chi connectivity index (χ3n) is 5.28. The van der Waals surface area contributed by atoms with Crippen molar-refractivity contribution in [1.82, 2.24) is 4.90 Å². The van der Waals surface area contributed by atoms with Gasteiger partial charge in [-0.3, -0.25) is 9.59 Å². The number of Topliss-reactive ketones (excluding diaryl/α,β-unsaturated/α-hetero) is 1. The van der Waals surface area contributed by atoms with E-state index in [4.69, 9.17) is 27.9 Å². The number of amides is 1. The fraction of sp³-hybridized carbons (Fsp3) is 0.273. The maximum atomic E-state index is 12.9. The second-order valence-electron chi connectivity index (χ2n) is 7.11. The van der Waals surface area contributed by atoms with Crippen LogP contribution in [-0.2, 0) is 14.3 Å². The largest absolute Gasteiger partial charge is 0.507 e. The Labute approximate surface area is 178 Å². The summed E-state index contributed by atoms with van der Waals surface area (Å²) in [7, 11) is 0. The number of aliphatic hydroxyl groups is 1. The molecule has 4 rings (SSSR count). The number of likely N-dealkylation sites (tertiary alicyclic amines) is 1. The molecule has 2 aromatic rings. The summed E-state index contributed by atoms with van der Waals surface area (Å²) in [5, 5.41) is 11.9. The lowest BCUT2D eigenvalue weighted by molar-refractivity contribution is -0.140. The molecular formula is C22H19Cl2NO4. The monoisotopic (exact) mass is 431 g/mol. The number of hydrogen-bond acceptors (Lipinski definition) is 4. The van der Waals surface area contributed by atoms with Crippen molar-refractivity contribution in [2.24, 2.45) is 0 Å². The molecule has 7 heteroatoms. The number of carbonyl (C=O) groups is 2. The van der Waals surface area contributed by atoms with Crippen LogP contribution in [0.2, 0.25) is 10.0 Å². The first-order valence-electron chi connectivity index (χ1n) is 9.37. The Morgan fingerprint density at radius 3 is 2.48 bits per heavy atom. The van der Waals surface area contributed by atoms with Crippen LogP contribution in [0.15, 0.2) is 54.1 Å². The van der Waals surface area contributed by atoms with Crippen LogP contribution in [0.5, 0.6) is 0 Å². The maximum absolute atomic E-state index is 12.9. The minimum Gasteiger partial charge on any atom is -0.507 e. The summed E-state index contributed by atoms with van der Waals surface area (Å²) in [4.78, 5) is 27.3. The lowest BCUT2D eigenvalue weighted by Crippen LogP contribution is -2.36. The van der Waals surface area contributed by atoms with Crippen molar-refractivity contribution in [3.63, 3.8) is 0 Å². The first-order chi connectivity index (χ1) is 14.0. The van der Waals surface area contributed by atoms with Gasteiger partial charge in [-0.1, -0.05) is 41.4 Å². The van der Waals surface area contributed by atoms with E-state index in [1.165, 1.54) is 4.90 Å². The number of ether oxygens (including phenoxy) is 1. The van der Waals surface area contributed by atoms with E-state index in [2.05, 4.69) is 0 Å². The Bertz CT molecular complexity index is 981. The Hall–Kier alpha value is -2.34. The van der Waals surface area contributed by atoms with Gasteiger partial charge in [-0.05, 0) is 48.7 Å². The second-order valence-corrected chi connectivity index (χ2v) is 7.96. The molecule has 150 valence electrons. The highest BCUT2D eigenvalue weighted by atomic mass is 35.5. The fourth-order valence-electron chi connectivity index (χ4n) is 3.86. The van der Waals surface area contributed by atoms with E-state index in [-0.39, 0.29) is 24.0 Å². The average molecular weight is 432 g/mol. The molecule has 0 radical (unpaired) electrons. The lowest BCUT2D eigenvalue weighted by atomic mass is 9.95. The number of nitrogens with zero attached hydrogens (tertiary/aromatic N) is 1. The van der Waals surface area contributed by atoms with Gasteiger partial charge in [-0.15, -0.1) is 0 Å². The predicted molar refractivity (Wildman–Crippen MR) is 111 cm³/mol. The van der Waals surface area contributed by atoms with Gasteiger partial charge in [0, 0.05) is 28.8 Å². The van der Waals surface area contributed by atoms with Gasteiger partial charge in [0.15, 0.2) is 0 Å². The number of carbonyl (C=O) groups excluding carboxylic acids is 2. The lowest BCUT2D eigenvalue weighted by Gasteiger charge is -2.28. The van der Waals surface area contributed by atoms with Gasteiger partial charge in [0.2, 0.25) is 0 Å². The van der Waals surface area contributed by atoms with Gasteiger partial charge in [0.25, 0.3) is 11.7 Å². The van der Waals surface area contributed by atoms with E-state index in [0.717, 1.165) is 12.8 Å². The fourth-order valence-corrected chi connectivity index (χ4v) is 4.22. The van der Waals surface area contributed by atoms with Crippen LogP contribution in [0.25, 0.3) is 5.76 Å². The molecule has 2 saturated heterocycles. The third kappa shape index (κ3) is 3.78. The molecule has 0 bridgehead atoms. The quantitative estimate of drug-likeness (QED) is 0.436. The number of halogens is 2. The molecule has 2 heterocycles. The molecule has 5 nitrogen and oxygen atoms in total. The molecule has 0 aliphatic carbocycles. The topological polar surface area (TPSA) is 66.8 Å². The third-order valence-corrected chi connectivity index (χ3v) is 5.88. The number of hydrogen-bond donors (Lipinski definition) is 1. The molecule has 0 saturated carbocycles. The Balaban J connectivity index is 1.84. The van der Waals surface area contributed by atoms with E-state index in [1.54, 1.807) is 48.5 Å². The molecular weight excluding hydrogens is 413 g/mol. The SMILES string of the molecule is O=C1C(=O)N(C[C@@H]2CCCO2)[C@@H](c2ccccc2Cl)/C1=C(\O)c1ccc(Cl)cc1. The zero-order valence-corrected chi connectivity index (χ0v) is 17.0. The van der Waals surface area contributed by atoms with Gasteiger partial charge in [0.05, 0.1) is 17.7 Å². The van der Waals surface area contributed by atoms with Crippen LogP contribution in [0.3, 0.4) is 0 Å². The standard InChI is InChI=1S/C22H19Cl2NO4/c23-14-9-7-13(8-10-14)20(26)18-19(16-5-1-2-6-17(16)24)25(22(28)21(18)27)12-15-4-3-11-29-15/h1-2,5-10,15,19,26H,3-4,11-12H2/b20-18+/t15-,19-/m0/s1. The highest BCUT2D eigenvalue weighted by Gasteiger charge is 2.47. The molecule has 0 spiro atoms. The summed E-state index contributed by atoms with van der Waals surface area (Å²) >= 11 is 12.3. The Kier molecular flexibility index (Phi) is 5.63. The van der Waals surface area contributed by atoms with Crippen molar-refractivity contribution < 1.29 is 19.4 Å². The van der Waals surface area contributed by atoms with Gasteiger partial charge < -0.3 is 14.7 Å². The zero-order chi connectivity index (χ0) is 20.5. The van der Waals surface area contributed by atoms with E-state index in [9.17, 15) is 14.7 Å². The normalized spacial score (nSPS) is 23.7. The summed E-state index contributed by atoms with van der Waals surface area (Å²) in [6.45, 7) is 0.897. The van der Waals surface area contributed by atoms with Crippen molar-refractivity contribution >= 4 is 40.7 Å². The van der Waals surface area contributed by atoms with Crippen molar-refractivity contribution in [1.29, 1.82) is 0 Å². The van der Waals surface area contributed by atoms with Crippen molar-refractivity contribution in [3.8, 4) is 0 Å². The first-order valence-corrected chi connectivity index (χ1v) is 10.1. The Morgan fingerprint density at radius 2 is 1.83 bits per heavy atom. The molecule has 0 aromatic heterocycles. The Morgan fingerprint density at radius 1 is 1.10 bits per heavy atom. The second kappa shape index (κ2) is 8.19. The van der Waals surface area contributed by atoms with Crippen molar-refractivity contribution in [2.45, 2.75) is 25.0 Å². The summed E-state index contributed by atoms with van der Waals surface area (Å²) < 4.78 is 5.68. The molecule has 2 fully saturated rings. The van der Waals surface area contributed by atoms with E-state index in [1.807, 2.05) is 0 Å². The minimum absolute atomic E-state index is 0.0171. The number of aliphatic hydroxyl groups excluding tert-OH is 1. The molecule has 29 heavy (non-hydrogen) atoms. The highest BCUT2D eigenvalue weighted by Crippen LogP contribution is 2.42. The summed E-state index contributed by atoms with van der Waals surface area (Å²) in [5.74, 6) is -1.65. The van der Waals surface area contributed by atoms with Crippen LogP contribution in [0, 0.1) is 0 Å². The van der Waals surface area contributed by atoms with E-state index >= 15 is 0 Å². The van der Waals surface area contributed by atoms with Crippen LogP contribution < -0.4 is 0 Å². The van der Waals surface area contributed by atoms with Crippen LogP contribution in [0.1, 0.15) is 30.0 Å². The predicted octanol–water partition coefficient (Wildman–Crippen LogP) is 4.59. The minimum atomic E-state index is -0.788. The average Bonchev–Trinajstić information content (AvgIpc) is 3.31. The first kappa shape index (κ1) is 20.0. The molecule has 2 atom stereocenters. The highest BCUT2D eigenvalue weighted by molar-refractivity contribution is 6.47. The molecule has 0 unspecified atom stereocenters. The number of rotatable bonds is 4. The zero-order valence-electron chi connectivity index (χ0n) is 15.5. The van der Waals surface area contributed by atoms with Gasteiger partial charge in [-0.2, -0.15) is 0 Å². The van der Waals surface area contributed by atoms with E-state index < -0.39 is 17.7 Å². The van der Waals surface area contributed by atoms with E-state index in [0.29, 0.717) is 27.8 Å². The molecule has 2 aromatic carbocycles. The van der Waals surface area contributed by atoms with Gasteiger partial charge in [-0.25, -0.2) is 0 Å². The summed E-state index contributed by atoms with van der Waals surface area (Å²) in [5.41, 5.74) is 1.01. The molecule has 2 aliphatic rings. The maximum Gasteiger partial charge on any atom is 0.295 e. The van der Waals surface area contributed by atoms with Crippen LogP contribution >= 0.6 is 23.2 Å². The van der Waals surface area contributed by atoms with Crippen molar-refractivity contribution in [2.75, 3.05) is 13.2 Å². The molecule has 2 aliphatic heterocycles.